The molecule has 4 heterocycles. The normalized spacial score (nSPS) is 17.0. The van der Waals surface area contributed by atoms with E-state index < -0.39 is 0 Å². The third-order valence-corrected chi connectivity index (χ3v) is 11.9. The van der Waals surface area contributed by atoms with Gasteiger partial charge in [0.15, 0.2) is 0 Å². The van der Waals surface area contributed by atoms with E-state index in [0.29, 0.717) is 5.92 Å². The highest BCUT2D eigenvalue weighted by Gasteiger charge is 2.35. The van der Waals surface area contributed by atoms with E-state index >= 15 is 0 Å². The van der Waals surface area contributed by atoms with Gasteiger partial charge in [0.25, 0.3) is 0 Å². The van der Waals surface area contributed by atoms with Crippen LogP contribution >= 0.6 is 11.3 Å². The summed E-state index contributed by atoms with van der Waals surface area (Å²) in [5, 5.41) is 12.7. The Morgan fingerprint density at radius 3 is 2.18 bits per heavy atom. The smallest absolute Gasteiger partial charge is 0.136 e. The van der Waals surface area contributed by atoms with E-state index in [9.17, 15) is 0 Å². The number of hydrogen-bond donors (Lipinski definition) is 1. The summed E-state index contributed by atoms with van der Waals surface area (Å²) in [6.07, 6.45) is 5.54. The minimum absolute atomic E-state index is 0.134. The quantitative estimate of drug-likeness (QED) is 0.201. The minimum Gasteiger partial charge on any atom is -0.345 e. The standard InChI is InChI=1S/C45H32N4S/c1-27-12-11-21-40-41(27)42-44(49-37-20-10-8-18-33(37)35-24-28-13-5-6-14-29(28)25-39(35)49)46-43(47-45(42)50-40)30-22-23-34-32-17-7-9-19-36(32)48(38(34)26-30)31-15-3-2-4-16-31/h2-11,13-27,44H,12H2,1H3,(H,46,47). The molecule has 2 atom stereocenters. The molecular formula is C45H32N4S. The van der Waals surface area contributed by atoms with Crippen LogP contribution in [0.2, 0.25) is 0 Å². The maximum absolute atomic E-state index is 5.46. The van der Waals surface area contributed by atoms with Crippen molar-refractivity contribution in [1.29, 1.82) is 0 Å². The van der Waals surface area contributed by atoms with Gasteiger partial charge in [0, 0.05) is 43.2 Å². The number of benzene rings is 6. The molecule has 1 N–H and O–H groups in total. The summed E-state index contributed by atoms with van der Waals surface area (Å²) >= 11 is 1.83. The molecule has 3 aromatic heterocycles. The van der Waals surface area contributed by atoms with E-state index in [1.807, 2.05) is 11.3 Å². The fourth-order valence-corrected chi connectivity index (χ4v) is 9.81. The summed E-state index contributed by atoms with van der Waals surface area (Å²) in [7, 11) is 0. The monoisotopic (exact) mass is 660 g/mol. The number of nitrogens with zero attached hydrogens (tertiary/aromatic N) is 3. The molecule has 0 radical (unpaired) electrons. The van der Waals surface area contributed by atoms with Crippen LogP contribution in [-0.2, 0) is 0 Å². The summed E-state index contributed by atoms with van der Waals surface area (Å²) in [4.78, 5) is 6.79. The largest absolute Gasteiger partial charge is 0.345 e. The van der Waals surface area contributed by atoms with Crippen molar-refractivity contribution in [2.24, 2.45) is 4.99 Å². The zero-order chi connectivity index (χ0) is 32.9. The van der Waals surface area contributed by atoms with Gasteiger partial charge in [0.2, 0.25) is 0 Å². The van der Waals surface area contributed by atoms with Crippen LogP contribution in [0.3, 0.4) is 0 Å². The Hall–Kier alpha value is -5.91. The van der Waals surface area contributed by atoms with Gasteiger partial charge in [-0.25, -0.2) is 4.99 Å². The zero-order valence-corrected chi connectivity index (χ0v) is 28.3. The molecule has 2 unspecified atom stereocenters. The van der Waals surface area contributed by atoms with Gasteiger partial charge < -0.3 is 14.5 Å². The maximum Gasteiger partial charge on any atom is 0.136 e. The van der Waals surface area contributed by atoms with E-state index in [-0.39, 0.29) is 6.17 Å². The predicted molar refractivity (Wildman–Crippen MR) is 212 cm³/mol. The highest BCUT2D eigenvalue weighted by atomic mass is 32.1. The second kappa shape index (κ2) is 10.5. The van der Waals surface area contributed by atoms with Gasteiger partial charge in [-0.2, -0.15) is 0 Å². The average Bonchev–Trinajstić information content (AvgIpc) is 3.81. The maximum atomic E-state index is 5.46. The Bertz CT molecular complexity index is 2900. The van der Waals surface area contributed by atoms with Crippen LogP contribution in [0, 0.1) is 0 Å². The SMILES string of the molecule is CC1CC=Cc2sc3c(c21)C(n1c2ccccc2c2cc4ccccc4cc21)NC(c1ccc2c4ccccc4n(-c4ccccc4)c2c1)=N3. The fourth-order valence-electron chi connectivity index (χ4n) is 8.55. The molecule has 1 aliphatic heterocycles. The molecule has 0 saturated heterocycles. The van der Waals surface area contributed by atoms with Gasteiger partial charge in [0.1, 0.15) is 17.0 Å². The molecule has 0 saturated carbocycles. The molecule has 50 heavy (non-hydrogen) atoms. The third kappa shape index (κ3) is 3.95. The number of nitrogens with one attached hydrogen (secondary N) is 1. The van der Waals surface area contributed by atoms with Crippen molar-refractivity contribution in [3.63, 3.8) is 0 Å². The lowest BCUT2D eigenvalue weighted by Gasteiger charge is -2.30. The van der Waals surface area contributed by atoms with Crippen LogP contribution in [0.15, 0.2) is 145 Å². The van der Waals surface area contributed by atoms with Crippen molar-refractivity contribution in [1.82, 2.24) is 14.5 Å². The van der Waals surface area contributed by atoms with Crippen LogP contribution in [0.5, 0.6) is 0 Å². The Morgan fingerprint density at radius 2 is 1.34 bits per heavy atom. The van der Waals surface area contributed by atoms with E-state index in [1.54, 1.807) is 0 Å². The summed E-state index contributed by atoms with van der Waals surface area (Å²) in [5.41, 5.74) is 9.79. The number of rotatable bonds is 3. The van der Waals surface area contributed by atoms with E-state index in [1.165, 1.54) is 70.4 Å². The summed E-state index contributed by atoms with van der Waals surface area (Å²) < 4.78 is 4.93. The van der Waals surface area contributed by atoms with Gasteiger partial charge in [0.05, 0.1) is 22.1 Å². The van der Waals surface area contributed by atoms with Crippen molar-refractivity contribution in [3.05, 3.63) is 161 Å². The Morgan fingerprint density at radius 1 is 0.640 bits per heavy atom. The third-order valence-electron chi connectivity index (χ3n) is 10.8. The molecule has 238 valence electrons. The number of fused-ring (bicyclic) bond motifs is 10. The van der Waals surface area contributed by atoms with Gasteiger partial charge in [-0.15, -0.1) is 11.3 Å². The molecule has 0 fully saturated rings. The van der Waals surface area contributed by atoms with E-state index in [0.717, 1.165) is 28.5 Å². The van der Waals surface area contributed by atoms with Crippen LogP contribution < -0.4 is 5.32 Å². The van der Waals surface area contributed by atoms with Crippen molar-refractivity contribution in [3.8, 4) is 5.69 Å². The lowest BCUT2D eigenvalue weighted by atomic mass is 9.88. The Labute approximate surface area is 293 Å². The number of hydrogen-bond acceptors (Lipinski definition) is 3. The topological polar surface area (TPSA) is 34.2 Å². The molecule has 9 aromatic rings. The molecule has 1 aliphatic carbocycles. The zero-order valence-electron chi connectivity index (χ0n) is 27.5. The molecule has 5 heteroatoms. The minimum atomic E-state index is -0.134. The molecule has 0 bridgehead atoms. The second-order valence-electron chi connectivity index (χ2n) is 13.7. The number of aliphatic imine (C=N–C) groups is 1. The first-order chi connectivity index (χ1) is 24.7. The summed E-state index contributed by atoms with van der Waals surface area (Å²) in [5.74, 6) is 1.32. The van der Waals surface area contributed by atoms with Crippen molar-refractivity contribution in [2.45, 2.75) is 25.4 Å². The summed E-state index contributed by atoms with van der Waals surface area (Å²) in [6, 6.07) is 48.6. The van der Waals surface area contributed by atoms with Crippen LogP contribution in [0.25, 0.3) is 66.1 Å². The highest BCUT2D eigenvalue weighted by Crippen LogP contribution is 2.50. The lowest BCUT2D eigenvalue weighted by Crippen LogP contribution is -2.36. The molecule has 6 aromatic carbocycles. The number of amidine groups is 1. The van der Waals surface area contributed by atoms with Gasteiger partial charge in [-0.3, -0.25) is 0 Å². The predicted octanol–water partition coefficient (Wildman–Crippen LogP) is 11.9. The van der Waals surface area contributed by atoms with Gasteiger partial charge in [-0.1, -0.05) is 104 Å². The first-order valence-corrected chi connectivity index (χ1v) is 18.2. The number of aromatic nitrogens is 2. The lowest BCUT2D eigenvalue weighted by molar-refractivity contribution is 0.568. The van der Waals surface area contributed by atoms with Crippen LogP contribution in [0.4, 0.5) is 5.00 Å². The molecule has 0 spiro atoms. The molecule has 2 aliphatic rings. The van der Waals surface area contributed by atoms with Gasteiger partial charge >= 0.3 is 0 Å². The van der Waals surface area contributed by atoms with Crippen LogP contribution in [-0.4, -0.2) is 15.0 Å². The number of allylic oxidation sites excluding steroid dienone is 1. The van der Waals surface area contributed by atoms with Crippen molar-refractivity contribution < 1.29 is 0 Å². The number of thiophene rings is 1. The fraction of sp³-hybridized carbons (Fsp3) is 0.0889. The molecule has 4 nitrogen and oxygen atoms in total. The van der Waals surface area contributed by atoms with Crippen molar-refractivity contribution >= 4 is 82.6 Å². The van der Waals surface area contributed by atoms with Gasteiger partial charge in [-0.05, 0) is 77.2 Å². The molecule has 0 amide bonds. The highest BCUT2D eigenvalue weighted by molar-refractivity contribution is 7.17. The molecular weight excluding hydrogens is 629 g/mol. The first kappa shape index (κ1) is 28.0. The van der Waals surface area contributed by atoms with Crippen LogP contribution in [0.1, 0.15) is 47.0 Å². The summed E-state index contributed by atoms with van der Waals surface area (Å²) in [6.45, 7) is 2.36. The van der Waals surface area contributed by atoms with Crippen molar-refractivity contribution in [2.75, 3.05) is 0 Å². The molecule has 11 rings (SSSR count). The average molecular weight is 661 g/mol. The second-order valence-corrected chi connectivity index (χ2v) is 14.7. The number of para-hydroxylation sites is 3. The Balaban J connectivity index is 1.18. The van der Waals surface area contributed by atoms with E-state index in [4.69, 9.17) is 4.99 Å². The Kier molecular flexibility index (Phi) is 5.90. The first-order valence-electron chi connectivity index (χ1n) is 17.4. The van der Waals surface area contributed by atoms with E-state index in [2.05, 4.69) is 167 Å².